The third kappa shape index (κ3) is 5.95. The predicted molar refractivity (Wildman–Crippen MR) is 165 cm³/mol. The van der Waals surface area contributed by atoms with Crippen LogP contribution in [0, 0.1) is 11.7 Å². The van der Waals surface area contributed by atoms with Crippen LogP contribution >= 0.6 is 0 Å². The van der Waals surface area contributed by atoms with Crippen LogP contribution in [0.4, 0.5) is 10.4 Å². The summed E-state index contributed by atoms with van der Waals surface area (Å²) in [6, 6.07) is 16.5. The molecular weight excluding hydrogens is 569 g/mol. The average Bonchev–Trinajstić information content (AvgIpc) is 3.70. The highest BCUT2D eigenvalue weighted by atomic mass is 32.2. The lowest BCUT2D eigenvalue weighted by atomic mass is 9.99. The van der Waals surface area contributed by atoms with Crippen molar-refractivity contribution < 1.29 is 26.7 Å². The summed E-state index contributed by atoms with van der Waals surface area (Å²) in [5.74, 6) is 1.69. The first-order valence-corrected chi connectivity index (χ1v) is 16.8. The quantitative estimate of drug-likeness (QED) is 0.202. The zero-order valence-electron chi connectivity index (χ0n) is 24.8. The minimum atomic E-state index is -3.31. The van der Waals surface area contributed by atoms with E-state index in [4.69, 9.17) is 13.9 Å². The molecule has 10 heteroatoms. The van der Waals surface area contributed by atoms with E-state index in [0.29, 0.717) is 42.3 Å². The zero-order valence-corrected chi connectivity index (χ0v) is 25.6. The van der Waals surface area contributed by atoms with Gasteiger partial charge in [-0.2, -0.15) is 4.98 Å². The molecule has 1 aliphatic carbocycles. The van der Waals surface area contributed by atoms with Crippen LogP contribution in [0.25, 0.3) is 22.2 Å². The van der Waals surface area contributed by atoms with Crippen LogP contribution < -0.4 is 14.8 Å². The number of likely N-dealkylation sites (tertiary alicyclic amines) is 1. The summed E-state index contributed by atoms with van der Waals surface area (Å²) in [6.07, 6.45) is 3.12. The number of hydrogen-bond donors (Lipinski definition) is 1. The van der Waals surface area contributed by atoms with Gasteiger partial charge in [-0.1, -0.05) is 19.1 Å². The number of oxazole rings is 1. The van der Waals surface area contributed by atoms with Crippen molar-refractivity contribution in [2.75, 3.05) is 30.8 Å². The lowest BCUT2D eigenvalue weighted by Crippen LogP contribution is -2.32. The summed E-state index contributed by atoms with van der Waals surface area (Å²) in [5, 5.41) is 3.52. The number of benzene rings is 3. The van der Waals surface area contributed by atoms with Crippen molar-refractivity contribution in [2.24, 2.45) is 5.92 Å². The molecule has 6 rings (SSSR count). The summed E-state index contributed by atoms with van der Waals surface area (Å²) in [5.41, 5.74) is 3.92. The second kappa shape index (κ2) is 12.2. The molecule has 0 amide bonds. The number of rotatable bonds is 11. The van der Waals surface area contributed by atoms with Gasteiger partial charge in [0, 0.05) is 18.6 Å². The molecule has 1 N–H and O–H groups in total. The van der Waals surface area contributed by atoms with Gasteiger partial charge in [0.05, 0.1) is 29.4 Å². The third-order valence-corrected chi connectivity index (χ3v) is 10.4. The fourth-order valence-electron chi connectivity index (χ4n) is 6.65. The Morgan fingerprint density at radius 3 is 2.37 bits per heavy atom. The molecule has 228 valence electrons. The Balaban J connectivity index is 1.19. The van der Waals surface area contributed by atoms with Crippen molar-refractivity contribution in [2.45, 2.75) is 63.6 Å². The summed E-state index contributed by atoms with van der Waals surface area (Å²) in [4.78, 5) is 7.38. The van der Waals surface area contributed by atoms with E-state index in [1.54, 1.807) is 37.3 Å². The van der Waals surface area contributed by atoms with E-state index in [2.05, 4.69) is 27.3 Å². The Hall–Kier alpha value is -3.63. The van der Waals surface area contributed by atoms with Gasteiger partial charge in [-0.3, -0.25) is 4.90 Å². The number of hydrogen-bond acceptors (Lipinski definition) is 8. The molecule has 1 saturated heterocycles. The molecule has 4 aromatic rings. The number of anilines is 1. The van der Waals surface area contributed by atoms with Crippen molar-refractivity contribution >= 4 is 27.0 Å². The van der Waals surface area contributed by atoms with Gasteiger partial charge in [0.25, 0.3) is 6.01 Å². The van der Waals surface area contributed by atoms with Crippen LogP contribution in [0.2, 0.25) is 0 Å². The lowest BCUT2D eigenvalue weighted by Gasteiger charge is -2.25. The molecule has 0 spiro atoms. The van der Waals surface area contributed by atoms with Crippen LogP contribution in [-0.2, 0) is 16.4 Å². The molecule has 3 atom stereocenters. The maximum absolute atomic E-state index is 13.7. The van der Waals surface area contributed by atoms with Gasteiger partial charge in [-0.05, 0) is 99.2 Å². The van der Waals surface area contributed by atoms with E-state index < -0.39 is 9.84 Å². The highest BCUT2D eigenvalue weighted by Gasteiger charge is 2.44. The number of ether oxygens (including phenoxy) is 2. The molecule has 1 unspecified atom stereocenters. The molecule has 0 radical (unpaired) electrons. The fourth-order valence-corrected chi connectivity index (χ4v) is 7.55. The monoisotopic (exact) mass is 607 g/mol. The first-order chi connectivity index (χ1) is 20.8. The van der Waals surface area contributed by atoms with E-state index >= 15 is 0 Å². The van der Waals surface area contributed by atoms with Crippen molar-refractivity contribution in [3.05, 3.63) is 66.0 Å². The van der Waals surface area contributed by atoms with Crippen LogP contribution in [0.3, 0.4) is 0 Å². The van der Waals surface area contributed by atoms with E-state index in [1.807, 2.05) is 13.8 Å². The first kappa shape index (κ1) is 29.4. The number of fused-ring (bicyclic) bond motifs is 2. The van der Waals surface area contributed by atoms with Gasteiger partial charge in [0.1, 0.15) is 22.8 Å². The molecule has 8 nitrogen and oxygen atoms in total. The van der Waals surface area contributed by atoms with Gasteiger partial charge in [-0.25, -0.2) is 12.8 Å². The maximum atomic E-state index is 13.7. The minimum Gasteiger partial charge on any atom is -0.493 e. The lowest BCUT2D eigenvalue weighted by molar-refractivity contribution is 0.231. The fraction of sp³-hybridized carbons (Fsp3) is 0.424. The van der Waals surface area contributed by atoms with Crippen molar-refractivity contribution in [3.63, 3.8) is 0 Å². The number of sulfone groups is 1. The Labute approximate surface area is 252 Å². The first-order valence-electron chi connectivity index (χ1n) is 15.1. The number of nitrogens with one attached hydrogen (secondary N) is 1. The van der Waals surface area contributed by atoms with E-state index in [-0.39, 0.29) is 22.5 Å². The average molecular weight is 608 g/mol. The van der Waals surface area contributed by atoms with Crippen molar-refractivity contribution in [1.29, 1.82) is 0 Å². The summed E-state index contributed by atoms with van der Waals surface area (Å²) < 4.78 is 56.4. The molecule has 2 fully saturated rings. The smallest absolute Gasteiger partial charge is 0.295 e. The second-order valence-corrected chi connectivity index (χ2v) is 13.5. The normalized spacial score (nSPS) is 20.4. The van der Waals surface area contributed by atoms with Gasteiger partial charge >= 0.3 is 0 Å². The molecule has 0 bridgehead atoms. The molecule has 3 aromatic carbocycles. The Kier molecular flexibility index (Phi) is 8.33. The Morgan fingerprint density at radius 2 is 1.70 bits per heavy atom. The van der Waals surface area contributed by atoms with Crippen LogP contribution in [0.15, 0.2) is 63.9 Å². The predicted octanol–water partition coefficient (Wildman–Crippen LogP) is 6.69. The third-order valence-electron chi connectivity index (χ3n) is 8.65. The van der Waals surface area contributed by atoms with Crippen molar-refractivity contribution in [1.82, 2.24) is 9.88 Å². The topological polar surface area (TPSA) is 93.9 Å². The molecule has 1 aliphatic heterocycles. The molecule has 2 heterocycles. The highest BCUT2D eigenvalue weighted by molar-refractivity contribution is 7.91. The minimum absolute atomic E-state index is 0.0430. The second-order valence-electron chi connectivity index (χ2n) is 11.2. The molecule has 1 saturated carbocycles. The van der Waals surface area contributed by atoms with E-state index in [1.165, 1.54) is 12.1 Å². The van der Waals surface area contributed by atoms with Crippen LogP contribution in [-0.4, -0.2) is 55.9 Å². The van der Waals surface area contributed by atoms with E-state index in [9.17, 15) is 12.8 Å². The molecule has 2 aliphatic rings. The van der Waals surface area contributed by atoms with Gasteiger partial charge in [0.15, 0.2) is 15.4 Å². The largest absolute Gasteiger partial charge is 0.493 e. The summed E-state index contributed by atoms with van der Waals surface area (Å²) >= 11 is 0. The van der Waals surface area contributed by atoms with Gasteiger partial charge in [-0.15, -0.1) is 0 Å². The Bertz CT molecular complexity index is 1680. The van der Waals surface area contributed by atoms with Crippen LogP contribution in [0.1, 0.15) is 45.6 Å². The standard InChI is InChI=1S/C33H38FN3O5S/c1-4-40-30-17-21(18-31(41-5-2)32(30)22-7-9-23(34)10-8-22)20-37-16-15-25-26(12-13-28(25)37)35-33-36-27-19-24(43(38,39)6-3)11-14-29(27)42-33/h7-11,14,17-19,25-26,28H,4-6,12-13,15-16,20H2,1-3H3,(H,35,36)/t25-,26?,28+/m0/s1. The summed E-state index contributed by atoms with van der Waals surface area (Å²) in [7, 11) is -3.31. The van der Waals surface area contributed by atoms with Crippen LogP contribution in [0.5, 0.6) is 11.5 Å². The Morgan fingerprint density at radius 1 is 0.977 bits per heavy atom. The van der Waals surface area contributed by atoms with Gasteiger partial charge < -0.3 is 19.2 Å². The number of aromatic nitrogens is 1. The summed E-state index contributed by atoms with van der Waals surface area (Å²) in [6.45, 7) is 8.33. The van der Waals surface area contributed by atoms with E-state index in [0.717, 1.165) is 60.5 Å². The SMILES string of the molecule is CCOc1cc(CN2CC[C@H]3C(Nc4nc5cc(S(=O)(=O)CC)ccc5o4)CC[C@H]32)cc(OCC)c1-c1ccc(F)cc1. The molecule has 1 aromatic heterocycles. The number of halogens is 1. The maximum Gasteiger partial charge on any atom is 0.295 e. The molecule has 43 heavy (non-hydrogen) atoms. The zero-order chi connectivity index (χ0) is 30.1. The molecular formula is C33H38FN3O5S. The van der Waals surface area contributed by atoms with Crippen molar-refractivity contribution in [3.8, 4) is 22.6 Å². The van der Waals surface area contributed by atoms with Gasteiger partial charge in [0.2, 0.25) is 0 Å². The highest BCUT2D eigenvalue weighted by Crippen LogP contribution is 2.43. The number of nitrogens with zero attached hydrogens (tertiary/aromatic N) is 2.